The maximum atomic E-state index is 11.9. The molecule has 1 aliphatic carbocycles. The SMILES string of the molecule is NCCC1(c2nc(=O)o[nH]2)c2ccc(CNC=O)cc2CCc2cc(CNC=O)ccc21. The zero-order valence-corrected chi connectivity index (χ0v) is 17.5. The minimum Gasteiger partial charge on any atom is -0.355 e. The number of nitrogens with two attached hydrogens (primary N) is 1. The van der Waals surface area contributed by atoms with Crippen LogP contribution in [0.2, 0.25) is 0 Å². The van der Waals surface area contributed by atoms with Crippen LogP contribution in [-0.4, -0.2) is 29.5 Å². The zero-order chi connectivity index (χ0) is 22.6. The molecule has 2 amide bonds. The van der Waals surface area contributed by atoms with E-state index in [0.29, 0.717) is 44.7 Å². The summed E-state index contributed by atoms with van der Waals surface area (Å²) in [6.45, 7) is 1.21. The van der Waals surface area contributed by atoms with Crippen LogP contribution >= 0.6 is 0 Å². The number of rotatable bonds is 9. The monoisotopic (exact) mass is 435 g/mol. The average Bonchev–Trinajstić information content (AvgIpc) is 3.20. The Labute approximate surface area is 184 Å². The van der Waals surface area contributed by atoms with Crippen molar-refractivity contribution in [3.8, 4) is 0 Å². The van der Waals surface area contributed by atoms with Crippen molar-refractivity contribution < 1.29 is 14.1 Å². The molecule has 1 heterocycles. The largest absolute Gasteiger partial charge is 0.459 e. The highest BCUT2D eigenvalue weighted by molar-refractivity contribution is 5.56. The lowest BCUT2D eigenvalue weighted by Crippen LogP contribution is -2.35. The van der Waals surface area contributed by atoms with E-state index in [1.165, 1.54) is 0 Å². The van der Waals surface area contributed by atoms with Crippen molar-refractivity contribution in [2.75, 3.05) is 6.54 Å². The summed E-state index contributed by atoms with van der Waals surface area (Å²) in [6.07, 6.45) is 3.38. The van der Waals surface area contributed by atoms with Crippen molar-refractivity contribution in [1.29, 1.82) is 0 Å². The molecule has 0 radical (unpaired) electrons. The molecule has 0 spiro atoms. The van der Waals surface area contributed by atoms with Gasteiger partial charge in [-0.2, -0.15) is 4.98 Å². The molecule has 0 saturated heterocycles. The summed E-state index contributed by atoms with van der Waals surface area (Å²) in [5.74, 6) is -0.280. The molecular weight excluding hydrogens is 410 g/mol. The number of hydrogen-bond donors (Lipinski definition) is 4. The first-order chi connectivity index (χ1) is 15.6. The van der Waals surface area contributed by atoms with Crippen molar-refractivity contribution in [1.82, 2.24) is 20.8 Å². The molecular formula is C23H25N5O4. The number of aryl methyl sites for hydroxylation is 2. The number of benzene rings is 2. The van der Waals surface area contributed by atoms with Crippen molar-refractivity contribution in [2.24, 2.45) is 5.73 Å². The fraction of sp³-hybridized carbons (Fsp3) is 0.304. The van der Waals surface area contributed by atoms with Gasteiger partial charge < -0.3 is 20.9 Å². The Morgan fingerprint density at radius 3 is 2.00 bits per heavy atom. The quantitative estimate of drug-likeness (QED) is 0.363. The highest BCUT2D eigenvalue weighted by Gasteiger charge is 2.43. The lowest BCUT2D eigenvalue weighted by atomic mass is 9.69. The Bertz CT molecular complexity index is 1120. The molecule has 1 aromatic heterocycles. The highest BCUT2D eigenvalue weighted by Crippen LogP contribution is 2.45. The third kappa shape index (κ3) is 3.82. The van der Waals surface area contributed by atoms with E-state index in [9.17, 15) is 14.4 Å². The van der Waals surface area contributed by atoms with E-state index in [1.54, 1.807) is 0 Å². The van der Waals surface area contributed by atoms with Crippen LogP contribution < -0.4 is 22.1 Å². The lowest BCUT2D eigenvalue weighted by Gasteiger charge is -2.34. The highest BCUT2D eigenvalue weighted by atomic mass is 16.5. The van der Waals surface area contributed by atoms with Gasteiger partial charge in [-0.05, 0) is 59.2 Å². The van der Waals surface area contributed by atoms with E-state index in [2.05, 4.69) is 32.9 Å². The van der Waals surface area contributed by atoms with Crippen molar-refractivity contribution in [3.05, 3.63) is 86.2 Å². The van der Waals surface area contributed by atoms with Crippen LogP contribution in [0, 0.1) is 0 Å². The second kappa shape index (κ2) is 9.19. The van der Waals surface area contributed by atoms with Gasteiger partial charge in [0.1, 0.15) is 0 Å². The van der Waals surface area contributed by atoms with Gasteiger partial charge in [-0.3, -0.25) is 9.59 Å². The molecule has 0 atom stereocenters. The predicted molar refractivity (Wildman–Crippen MR) is 117 cm³/mol. The third-order valence-corrected chi connectivity index (χ3v) is 6.06. The van der Waals surface area contributed by atoms with Crippen LogP contribution in [0.25, 0.3) is 0 Å². The summed E-state index contributed by atoms with van der Waals surface area (Å²) in [6, 6.07) is 12.1. The maximum Gasteiger partial charge on any atom is 0.459 e. The molecule has 3 aromatic rings. The standard InChI is InChI=1S/C23H25N5O4/c24-8-7-23(21-27-22(31)32-28-21)19-5-1-15(11-25-13-29)9-17(19)3-4-18-10-16(12-26-14-30)2-6-20(18)23/h1-2,5-6,9-10,13-14H,3-4,7-8,11-12,24H2,(H,25,29)(H,26,30)(H,27,28,31). The molecule has 0 unspecified atom stereocenters. The molecule has 9 nitrogen and oxygen atoms in total. The van der Waals surface area contributed by atoms with Crippen molar-refractivity contribution >= 4 is 12.8 Å². The number of fused-ring (bicyclic) bond motifs is 2. The molecule has 166 valence electrons. The number of aromatic amines is 1. The summed E-state index contributed by atoms with van der Waals surface area (Å²) < 4.78 is 4.98. The van der Waals surface area contributed by atoms with Gasteiger partial charge in [-0.25, -0.2) is 9.95 Å². The third-order valence-electron chi connectivity index (χ3n) is 6.06. The second-order valence-electron chi connectivity index (χ2n) is 7.85. The minimum absolute atomic E-state index is 0.358. The number of nitrogens with zero attached hydrogens (tertiary/aromatic N) is 1. The summed E-state index contributed by atoms with van der Waals surface area (Å²) in [5, 5.41) is 8.14. The molecule has 1 aliphatic rings. The van der Waals surface area contributed by atoms with Crippen LogP contribution in [-0.2, 0) is 40.9 Å². The Hall–Kier alpha value is -3.72. The van der Waals surface area contributed by atoms with Crippen LogP contribution in [0.4, 0.5) is 0 Å². The van der Waals surface area contributed by atoms with Crippen LogP contribution in [0.15, 0.2) is 45.7 Å². The van der Waals surface area contributed by atoms with E-state index in [0.717, 1.165) is 46.2 Å². The first-order valence-electron chi connectivity index (χ1n) is 10.5. The molecule has 9 heteroatoms. The fourth-order valence-corrected chi connectivity index (χ4v) is 4.76. The Morgan fingerprint density at radius 2 is 1.56 bits per heavy atom. The maximum absolute atomic E-state index is 11.9. The second-order valence-corrected chi connectivity index (χ2v) is 7.85. The van der Waals surface area contributed by atoms with E-state index < -0.39 is 11.2 Å². The molecule has 2 aromatic carbocycles. The first kappa shape index (κ1) is 21.5. The average molecular weight is 435 g/mol. The summed E-state index contributed by atoms with van der Waals surface area (Å²) >= 11 is 0. The van der Waals surface area contributed by atoms with Gasteiger partial charge in [0.25, 0.3) is 0 Å². The van der Waals surface area contributed by atoms with Crippen molar-refractivity contribution in [3.63, 3.8) is 0 Å². The summed E-state index contributed by atoms with van der Waals surface area (Å²) in [4.78, 5) is 37.6. The predicted octanol–water partition coefficient (Wildman–Crippen LogP) is 0.637. The molecule has 0 bridgehead atoms. The molecule has 5 N–H and O–H groups in total. The number of aromatic nitrogens is 2. The van der Waals surface area contributed by atoms with Gasteiger partial charge in [-0.1, -0.05) is 36.4 Å². The number of carbonyl (C=O) groups is 2. The lowest BCUT2D eigenvalue weighted by molar-refractivity contribution is -0.110. The minimum atomic E-state index is -0.796. The van der Waals surface area contributed by atoms with E-state index in [-0.39, 0.29) is 0 Å². The Kier molecular flexibility index (Phi) is 6.18. The molecule has 0 saturated carbocycles. The van der Waals surface area contributed by atoms with Gasteiger partial charge in [0.2, 0.25) is 12.8 Å². The van der Waals surface area contributed by atoms with Gasteiger partial charge in [0, 0.05) is 13.1 Å². The molecule has 32 heavy (non-hydrogen) atoms. The topological polar surface area (TPSA) is 143 Å². The van der Waals surface area contributed by atoms with Crippen LogP contribution in [0.3, 0.4) is 0 Å². The van der Waals surface area contributed by atoms with E-state index in [1.807, 2.05) is 24.3 Å². The fourth-order valence-electron chi connectivity index (χ4n) is 4.76. The molecule has 4 rings (SSSR count). The normalized spacial score (nSPS) is 14.0. The smallest absolute Gasteiger partial charge is 0.355 e. The zero-order valence-electron chi connectivity index (χ0n) is 17.5. The Morgan fingerprint density at radius 1 is 1.00 bits per heavy atom. The first-order valence-corrected chi connectivity index (χ1v) is 10.5. The molecule has 0 aliphatic heterocycles. The van der Waals surface area contributed by atoms with Gasteiger partial charge in [-0.15, -0.1) is 0 Å². The number of carbonyl (C=O) groups excluding carboxylic acids is 2. The number of nitrogens with one attached hydrogen (secondary N) is 3. The van der Waals surface area contributed by atoms with Crippen LogP contribution in [0.5, 0.6) is 0 Å². The Balaban J connectivity index is 1.95. The van der Waals surface area contributed by atoms with Crippen molar-refractivity contribution in [2.45, 2.75) is 37.8 Å². The number of hydrogen-bond acceptors (Lipinski definition) is 6. The molecule has 0 fully saturated rings. The van der Waals surface area contributed by atoms with Gasteiger partial charge in [0.05, 0.1) is 5.41 Å². The number of amides is 2. The van der Waals surface area contributed by atoms with Crippen LogP contribution in [0.1, 0.15) is 45.6 Å². The number of H-pyrrole nitrogens is 1. The van der Waals surface area contributed by atoms with Gasteiger partial charge >= 0.3 is 5.76 Å². The summed E-state index contributed by atoms with van der Waals surface area (Å²) in [5.41, 5.74) is 11.4. The summed E-state index contributed by atoms with van der Waals surface area (Å²) in [7, 11) is 0. The van der Waals surface area contributed by atoms with Gasteiger partial charge in [0.15, 0.2) is 5.82 Å². The van der Waals surface area contributed by atoms with E-state index >= 15 is 0 Å². The van der Waals surface area contributed by atoms with E-state index in [4.69, 9.17) is 10.3 Å².